The van der Waals surface area contributed by atoms with E-state index in [0.29, 0.717) is 18.0 Å². The zero-order valence-corrected chi connectivity index (χ0v) is 10.6. The normalized spacial score (nSPS) is 27.6. The molecule has 0 bridgehead atoms. The number of rotatable bonds is 3. The monoisotopic (exact) mass is 236 g/mol. The summed E-state index contributed by atoms with van der Waals surface area (Å²) in [5, 5.41) is 6.84. The van der Waals surface area contributed by atoms with Gasteiger partial charge in [-0.25, -0.2) is 0 Å². The predicted octanol–water partition coefficient (Wildman–Crippen LogP) is 2.13. The lowest BCUT2D eigenvalue weighted by molar-refractivity contribution is -0.121. The predicted molar refractivity (Wildman–Crippen MR) is 69.8 cm³/mol. The summed E-state index contributed by atoms with van der Waals surface area (Å²) >= 11 is 0. The molecule has 1 saturated heterocycles. The van der Waals surface area contributed by atoms with Gasteiger partial charge in [0.05, 0.1) is 0 Å². The molecule has 0 aromatic rings. The highest BCUT2D eigenvalue weighted by Gasteiger charge is 2.37. The van der Waals surface area contributed by atoms with Crippen molar-refractivity contribution in [2.45, 2.75) is 62.9 Å². The third-order valence-corrected chi connectivity index (χ3v) is 4.14. The van der Waals surface area contributed by atoms with Gasteiger partial charge < -0.3 is 10.6 Å². The lowest BCUT2D eigenvalue weighted by Gasteiger charge is -2.44. The van der Waals surface area contributed by atoms with E-state index in [9.17, 15) is 4.79 Å². The van der Waals surface area contributed by atoms with Gasteiger partial charge in [-0.15, -0.1) is 6.58 Å². The van der Waals surface area contributed by atoms with Crippen molar-refractivity contribution in [3.63, 3.8) is 0 Å². The van der Waals surface area contributed by atoms with E-state index in [-0.39, 0.29) is 5.91 Å². The van der Waals surface area contributed by atoms with Crippen molar-refractivity contribution in [2.24, 2.45) is 0 Å². The maximum absolute atomic E-state index is 11.6. The smallest absolute Gasteiger partial charge is 0.224 e. The zero-order chi connectivity index (χ0) is 12.1. The Morgan fingerprint density at radius 1 is 1.41 bits per heavy atom. The first-order valence-corrected chi connectivity index (χ1v) is 6.89. The topological polar surface area (TPSA) is 41.1 Å². The van der Waals surface area contributed by atoms with Crippen LogP contribution in [0.3, 0.4) is 0 Å². The second kappa shape index (κ2) is 5.67. The van der Waals surface area contributed by atoms with Crippen LogP contribution in [0.5, 0.6) is 0 Å². The Kier molecular flexibility index (Phi) is 4.21. The number of amides is 1. The molecule has 3 nitrogen and oxygen atoms in total. The van der Waals surface area contributed by atoms with Gasteiger partial charge >= 0.3 is 0 Å². The molecular weight excluding hydrogens is 212 g/mol. The molecule has 2 aliphatic rings. The first-order valence-electron chi connectivity index (χ1n) is 6.89. The van der Waals surface area contributed by atoms with E-state index in [1.165, 1.54) is 32.1 Å². The summed E-state index contributed by atoms with van der Waals surface area (Å²) in [6.45, 7) is 4.64. The van der Waals surface area contributed by atoms with Crippen LogP contribution in [0, 0.1) is 0 Å². The molecule has 1 aliphatic carbocycles. The summed E-state index contributed by atoms with van der Waals surface area (Å²) in [4.78, 5) is 11.6. The third-order valence-electron chi connectivity index (χ3n) is 4.14. The standard InChI is InChI=1S/C14H24N2O/c1-2-6-13(17)16-12-7-10-15-14(11-12)8-4-3-5-9-14/h2,12,15H,1,3-11H2,(H,16,17). The molecule has 1 spiro atoms. The average Bonchev–Trinajstić information content (AvgIpc) is 2.30. The van der Waals surface area contributed by atoms with Gasteiger partial charge in [-0.3, -0.25) is 4.79 Å². The molecule has 2 rings (SSSR count). The Labute approximate surface area is 104 Å². The number of hydrogen-bond acceptors (Lipinski definition) is 2. The molecule has 0 radical (unpaired) electrons. The first-order chi connectivity index (χ1) is 8.24. The van der Waals surface area contributed by atoms with Gasteiger partial charge in [0.25, 0.3) is 0 Å². The summed E-state index contributed by atoms with van der Waals surface area (Å²) in [5.74, 6) is 0.123. The van der Waals surface area contributed by atoms with Gasteiger partial charge in [0.1, 0.15) is 0 Å². The molecule has 1 aliphatic heterocycles. The summed E-state index contributed by atoms with van der Waals surface area (Å²) in [5.41, 5.74) is 0.322. The SMILES string of the molecule is C=CCC(=O)NC1CCNC2(CCCCC2)C1. The Morgan fingerprint density at radius 2 is 2.18 bits per heavy atom. The highest BCUT2D eigenvalue weighted by atomic mass is 16.1. The summed E-state index contributed by atoms with van der Waals surface area (Å²) in [6.07, 6.45) is 10.9. The molecule has 2 N–H and O–H groups in total. The van der Waals surface area contributed by atoms with Crippen LogP contribution in [0.25, 0.3) is 0 Å². The lowest BCUT2D eigenvalue weighted by atomic mass is 9.75. The fourth-order valence-electron chi connectivity index (χ4n) is 3.31. The van der Waals surface area contributed by atoms with Crippen molar-refractivity contribution in [1.82, 2.24) is 10.6 Å². The van der Waals surface area contributed by atoms with Crippen LogP contribution in [-0.4, -0.2) is 24.0 Å². The zero-order valence-electron chi connectivity index (χ0n) is 10.6. The quantitative estimate of drug-likeness (QED) is 0.737. The van der Waals surface area contributed by atoms with Crippen molar-refractivity contribution >= 4 is 5.91 Å². The Hall–Kier alpha value is -0.830. The minimum Gasteiger partial charge on any atom is -0.353 e. The van der Waals surface area contributed by atoms with E-state index in [2.05, 4.69) is 17.2 Å². The van der Waals surface area contributed by atoms with Crippen LogP contribution in [0.1, 0.15) is 51.4 Å². The maximum atomic E-state index is 11.6. The summed E-state index contributed by atoms with van der Waals surface area (Å²) in [6, 6.07) is 0.363. The molecule has 1 unspecified atom stereocenters. The van der Waals surface area contributed by atoms with Crippen molar-refractivity contribution in [1.29, 1.82) is 0 Å². The number of nitrogens with one attached hydrogen (secondary N) is 2. The van der Waals surface area contributed by atoms with Gasteiger partial charge in [0, 0.05) is 18.0 Å². The van der Waals surface area contributed by atoms with Crippen molar-refractivity contribution in [3.05, 3.63) is 12.7 Å². The van der Waals surface area contributed by atoms with E-state index >= 15 is 0 Å². The molecule has 3 heteroatoms. The Balaban J connectivity index is 1.87. The van der Waals surface area contributed by atoms with Crippen molar-refractivity contribution < 1.29 is 4.79 Å². The van der Waals surface area contributed by atoms with Gasteiger partial charge in [0.2, 0.25) is 5.91 Å². The fourth-order valence-corrected chi connectivity index (χ4v) is 3.31. The van der Waals surface area contributed by atoms with Crippen LogP contribution >= 0.6 is 0 Å². The number of piperidine rings is 1. The average molecular weight is 236 g/mol. The van der Waals surface area contributed by atoms with Crippen LogP contribution in [0.15, 0.2) is 12.7 Å². The van der Waals surface area contributed by atoms with Gasteiger partial charge in [0.15, 0.2) is 0 Å². The third kappa shape index (κ3) is 3.32. The van der Waals surface area contributed by atoms with E-state index in [0.717, 1.165) is 19.4 Å². The van der Waals surface area contributed by atoms with Gasteiger partial charge in [-0.2, -0.15) is 0 Å². The van der Waals surface area contributed by atoms with E-state index < -0.39 is 0 Å². The molecule has 0 aromatic carbocycles. The Bertz CT molecular complexity index is 276. The molecule has 0 aromatic heterocycles. The minimum absolute atomic E-state index is 0.123. The van der Waals surface area contributed by atoms with Gasteiger partial charge in [-0.1, -0.05) is 25.3 Å². The number of carbonyl (C=O) groups is 1. The summed E-state index contributed by atoms with van der Waals surface area (Å²) in [7, 11) is 0. The molecule has 2 fully saturated rings. The van der Waals surface area contributed by atoms with Crippen LogP contribution < -0.4 is 10.6 Å². The minimum atomic E-state index is 0.123. The van der Waals surface area contributed by atoms with Crippen LogP contribution in [0.4, 0.5) is 0 Å². The molecule has 17 heavy (non-hydrogen) atoms. The number of hydrogen-bond donors (Lipinski definition) is 2. The van der Waals surface area contributed by atoms with Crippen LogP contribution in [0.2, 0.25) is 0 Å². The largest absolute Gasteiger partial charge is 0.353 e. The van der Waals surface area contributed by atoms with E-state index in [1.54, 1.807) is 6.08 Å². The molecule has 1 atom stereocenters. The number of carbonyl (C=O) groups excluding carboxylic acids is 1. The first kappa shape index (κ1) is 12.6. The highest BCUT2D eigenvalue weighted by Crippen LogP contribution is 2.34. The van der Waals surface area contributed by atoms with Crippen LogP contribution in [-0.2, 0) is 4.79 Å². The van der Waals surface area contributed by atoms with Crippen molar-refractivity contribution in [2.75, 3.05) is 6.54 Å². The molecule has 1 saturated carbocycles. The lowest BCUT2D eigenvalue weighted by Crippen LogP contribution is -2.57. The highest BCUT2D eigenvalue weighted by molar-refractivity contribution is 5.77. The molecule has 1 heterocycles. The maximum Gasteiger partial charge on any atom is 0.224 e. The molecule has 1 amide bonds. The van der Waals surface area contributed by atoms with Crippen molar-refractivity contribution in [3.8, 4) is 0 Å². The molecule has 96 valence electrons. The van der Waals surface area contributed by atoms with Gasteiger partial charge in [-0.05, 0) is 32.2 Å². The second-order valence-corrected chi connectivity index (χ2v) is 5.52. The summed E-state index contributed by atoms with van der Waals surface area (Å²) < 4.78 is 0. The fraction of sp³-hybridized carbons (Fsp3) is 0.786. The van der Waals surface area contributed by atoms with E-state index in [4.69, 9.17) is 0 Å². The van der Waals surface area contributed by atoms with E-state index in [1.807, 2.05) is 0 Å². The second-order valence-electron chi connectivity index (χ2n) is 5.52. The Morgan fingerprint density at radius 3 is 2.88 bits per heavy atom. The molecular formula is C14H24N2O.